The number of methoxy groups -OCH3 is 1. The van der Waals surface area contributed by atoms with E-state index in [1.54, 1.807) is 36.4 Å². The number of aromatic nitrogens is 2. The molecule has 0 spiro atoms. The Balaban J connectivity index is 1.53. The molecule has 2 aromatic carbocycles. The molecule has 3 aromatic rings. The summed E-state index contributed by atoms with van der Waals surface area (Å²) in [5.74, 6) is 1.35. The SMILES string of the molecule is COc1ccc(NC(=O)Cn2nc(-c3ccc4c(c3)OCO4)ccc2=O)cc1Cl. The van der Waals surface area contributed by atoms with Gasteiger partial charge in [-0.1, -0.05) is 11.6 Å². The molecule has 1 aliphatic rings. The number of halogens is 1. The van der Waals surface area contributed by atoms with Crippen LogP contribution in [0.3, 0.4) is 0 Å². The molecule has 9 heteroatoms. The van der Waals surface area contributed by atoms with Gasteiger partial charge in [-0.25, -0.2) is 4.68 Å². The van der Waals surface area contributed by atoms with E-state index in [-0.39, 0.29) is 13.3 Å². The number of fused-ring (bicyclic) bond motifs is 1. The number of carbonyl (C=O) groups is 1. The third kappa shape index (κ3) is 4.02. The molecule has 0 bridgehead atoms. The van der Waals surface area contributed by atoms with Crippen molar-refractivity contribution < 1.29 is 19.0 Å². The van der Waals surface area contributed by atoms with Gasteiger partial charge in [0, 0.05) is 17.3 Å². The van der Waals surface area contributed by atoms with Crippen molar-refractivity contribution in [3.05, 3.63) is 63.9 Å². The molecule has 0 saturated heterocycles. The van der Waals surface area contributed by atoms with E-state index in [0.29, 0.717) is 33.7 Å². The third-order valence-corrected chi connectivity index (χ3v) is 4.56. The van der Waals surface area contributed by atoms with Crippen molar-refractivity contribution in [1.82, 2.24) is 9.78 Å². The highest BCUT2D eigenvalue weighted by molar-refractivity contribution is 6.32. The van der Waals surface area contributed by atoms with Gasteiger partial charge >= 0.3 is 0 Å². The minimum absolute atomic E-state index is 0.168. The fraction of sp³-hybridized carbons (Fsp3) is 0.150. The second-order valence-corrected chi connectivity index (χ2v) is 6.59. The molecule has 1 aromatic heterocycles. The molecule has 0 saturated carbocycles. The average Bonchev–Trinajstić information content (AvgIpc) is 3.17. The molecular weight excluding hydrogens is 398 g/mol. The molecule has 0 radical (unpaired) electrons. The fourth-order valence-corrected chi connectivity index (χ4v) is 3.11. The zero-order valence-corrected chi connectivity index (χ0v) is 16.1. The van der Waals surface area contributed by atoms with Gasteiger partial charge in [0.1, 0.15) is 12.3 Å². The van der Waals surface area contributed by atoms with Crippen molar-refractivity contribution in [1.29, 1.82) is 0 Å². The standard InChI is InChI=1S/C20H16ClN3O5/c1-27-16-6-3-13(9-14(16)21)22-19(25)10-24-20(26)7-4-15(23-24)12-2-5-17-18(8-12)29-11-28-17/h2-9H,10-11H2,1H3,(H,22,25). The lowest BCUT2D eigenvalue weighted by Gasteiger charge is -2.10. The molecule has 2 heterocycles. The van der Waals surface area contributed by atoms with Crippen molar-refractivity contribution in [2.45, 2.75) is 6.54 Å². The third-order valence-electron chi connectivity index (χ3n) is 4.26. The Morgan fingerprint density at radius 3 is 2.79 bits per heavy atom. The Morgan fingerprint density at radius 2 is 2.00 bits per heavy atom. The van der Waals surface area contributed by atoms with Crippen molar-refractivity contribution in [2.75, 3.05) is 19.2 Å². The molecule has 1 aliphatic heterocycles. The molecular formula is C20H16ClN3O5. The summed E-state index contributed by atoms with van der Waals surface area (Å²) in [6, 6.07) is 13.2. The van der Waals surface area contributed by atoms with E-state index in [9.17, 15) is 9.59 Å². The maximum atomic E-state index is 12.4. The highest BCUT2D eigenvalue weighted by Gasteiger charge is 2.15. The number of nitrogens with one attached hydrogen (secondary N) is 1. The highest BCUT2D eigenvalue weighted by Crippen LogP contribution is 2.35. The van der Waals surface area contributed by atoms with Gasteiger partial charge < -0.3 is 19.5 Å². The molecule has 148 valence electrons. The number of amides is 1. The Bertz CT molecular complexity index is 1150. The van der Waals surface area contributed by atoms with Crippen LogP contribution in [0.25, 0.3) is 11.3 Å². The van der Waals surface area contributed by atoms with Crippen LogP contribution in [0.15, 0.2) is 53.3 Å². The van der Waals surface area contributed by atoms with Crippen LogP contribution in [0.4, 0.5) is 5.69 Å². The first-order valence-corrected chi connectivity index (χ1v) is 9.03. The van der Waals surface area contributed by atoms with Gasteiger partial charge in [0.25, 0.3) is 5.56 Å². The first kappa shape index (κ1) is 18.8. The monoisotopic (exact) mass is 413 g/mol. The predicted molar refractivity (Wildman–Crippen MR) is 107 cm³/mol. The summed E-state index contributed by atoms with van der Waals surface area (Å²) < 4.78 is 16.8. The van der Waals surface area contributed by atoms with Gasteiger partial charge in [-0.15, -0.1) is 0 Å². The lowest BCUT2D eigenvalue weighted by molar-refractivity contribution is -0.117. The average molecular weight is 414 g/mol. The summed E-state index contributed by atoms with van der Waals surface area (Å²) in [4.78, 5) is 24.5. The number of nitrogens with zero attached hydrogens (tertiary/aromatic N) is 2. The second-order valence-electron chi connectivity index (χ2n) is 6.18. The maximum absolute atomic E-state index is 12.4. The molecule has 0 atom stereocenters. The molecule has 0 fully saturated rings. The fourth-order valence-electron chi connectivity index (χ4n) is 2.85. The van der Waals surface area contributed by atoms with Crippen LogP contribution in [-0.4, -0.2) is 29.6 Å². The van der Waals surface area contributed by atoms with E-state index >= 15 is 0 Å². The summed E-state index contributed by atoms with van der Waals surface area (Å²) in [6.45, 7) is -0.0812. The number of carbonyl (C=O) groups excluding carboxylic acids is 1. The second kappa shape index (κ2) is 7.84. The van der Waals surface area contributed by atoms with Crippen LogP contribution in [0.2, 0.25) is 5.02 Å². The Hall–Kier alpha value is -3.52. The summed E-state index contributed by atoms with van der Waals surface area (Å²) in [6.07, 6.45) is 0. The van der Waals surface area contributed by atoms with Gasteiger partial charge in [-0.05, 0) is 42.5 Å². The topological polar surface area (TPSA) is 91.7 Å². The van der Waals surface area contributed by atoms with Gasteiger partial charge in [-0.3, -0.25) is 9.59 Å². The van der Waals surface area contributed by atoms with Crippen LogP contribution in [-0.2, 0) is 11.3 Å². The molecule has 29 heavy (non-hydrogen) atoms. The number of hydrogen-bond acceptors (Lipinski definition) is 6. The van der Waals surface area contributed by atoms with Crippen LogP contribution in [0.5, 0.6) is 17.2 Å². The number of hydrogen-bond donors (Lipinski definition) is 1. The van der Waals surface area contributed by atoms with Crippen molar-refractivity contribution in [2.24, 2.45) is 0 Å². The molecule has 1 N–H and O–H groups in total. The lowest BCUT2D eigenvalue weighted by atomic mass is 10.1. The van der Waals surface area contributed by atoms with E-state index < -0.39 is 11.5 Å². The van der Waals surface area contributed by atoms with Gasteiger partial charge in [-0.2, -0.15) is 5.10 Å². The van der Waals surface area contributed by atoms with Crippen molar-refractivity contribution in [3.8, 4) is 28.5 Å². The lowest BCUT2D eigenvalue weighted by Crippen LogP contribution is -2.29. The van der Waals surface area contributed by atoms with Crippen LogP contribution in [0, 0.1) is 0 Å². The van der Waals surface area contributed by atoms with E-state index in [0.717, 1.165) is 10.2 Å². The Morgan fingerprint density at radius 1 is 1.17 bits per heavy atom. The van der Waals surface area contributed by atoms with E-state index in [1.165, 1.54) is 13.2 Å². The molecule has 4 rings (SSSR count). The number of benzene rings is 2. The summed E-state index contributed by atoms with van der Waals surface area (Å²) >= 11 is 6.06. The number of rotatable bonds is 5. The predicted octanol–water partition coefficient (Wildman–Crippen LogP) is 2.94. The Labute approximate surface area is 170 Å². The first-order chi connectivity index (χ1) is 14.0. The summed E-state index contributed by atoms with van der Waals surface area (Å²) in [7, 11) is 1.50. The highest BCUT2D eigenvalue weighted by atomic mass is 35.5. The first-order valence-electron chi connectivity index (χ1n) is 8.65. The zero-order valence-electron chi connectivity index (χ0n) is 15.3. The van der Waals surface area contributed by atoms with Gasteiger partial charge in [0.05, 0.1) is 17.8 Å². The normalized spacial score (nSPS) is 11.9. The van der Waals surface area contributed by atoms with Crippen molar-refractivity contribution >= 4 is 23.2 Å². The number of anilines is 1. The minimum Gasteiger partial charge on any atom is -0.495 e. The van der Waals surface area contributed by atoms with E-state index in [4.69, 9.17) is 25.8 Å². The van der Waals surface area contributed by atoms with Gasteiger partial charge in [0.15, 0.2) is 11.5 Å². The summed E-state index contributed by atoms with van der Waals surface area (Å²) in [5, 5.41) is 7.35. The van der Waals surface area contributed by atoms with Gasteiger partial charge in [0.2, 0.25) is 12.7 Å². The summed E-state index contributed by atoms with van der Waals surface area (Å²) in [5.41, 5.74) is 1.37. The zero-order chi connectivity index (χ0) is 20.4. The molecule has 1 amide bonds. The quantitative estimate of drug-likeness (QED) is 0.691. The van der Waals surface area contributed by atoms with Crippen LogP contribution in [0.1, 0.15) is 0 Å². The molecule has 0 unspecified atom stereocenters. The van der Waals surface area contributed by atoms with Crippen LogP contribution >= 0.6 is 11.6 Å². The number of ether oxygens (including phenoxy) is 3. The largest absolute Gasteiger partial charge is 0.495 e. The molecule has 0 aliphatic carbocycles. The minimum atomic E-state index is -0.413. The van der Waals surface area contributed by atoms with E-state index in [1.807, 2.05) is 6.07 Å². The maximum Gasteiger partial charge on any atom is 0.267 e. The molecule has 8 nitrogen and oxygen atoms in total. The Kier molecular flexibility index (Phi) is 5.09. The smallest absolute Gasteiger partial charge is 0.267 e. The van der Waals surface area contributed by atoms with Crippen LogP contribution < -0.4 is 25.1 Å². The van der Waals surface area contributed by atoms with Crippen molar-refractivity contribution in [3.63, 3.8) is 0 Å². The van der Waals surface area contributed by atoms with E-state index in [2.05, 4.69) is 10.4 Å².